The number of hydrogen-bond acceptors (Lipinski definition) is 2. The predicted octanol–water partition coefficient (Wildman–Crippen LogP) is 4.29. The molecule has 1 aromatic carbocycles. The molecule has 2 unspecified atom stereocenters. The Kier molecular flexibility index (Phi) is 5.99. The van der Waals surface area contributed by atoms with Gasteiger partial charge in [-0.1, -0.05) is 31.0 Å². The molecule has 0 spiro atoms. The maximum atomic E-state index is 13.2. The first-order chi connectivity index (χ1) is 9.20. The first-order valence-corrected chi connectivity index (χ1v) is 8.42. The summed E-state index contributed by atoms with van der Waals surface area (Å²) in [5.41, 5.74) is 1.11. The molecule has 1 aromatic rings. The van der Waals surface area contributed by atoms with Crippen molar-refractivity contribution in [1.82, 2.24) is 5.32 Å². The second-order valence-electron chi connectivity index (χ2n) is 5.02. The highest BCUT2D eigenvalue weighted by Crippen LogP contribution is 2.29. The monoisotopic (exact) mass is 301 g/mol. The fourth-order valence-corrected chi connectivity index (χ4v) is 4.24. The summed E-state index contributed by atoms with van der Waals surface area (Å²) < 4.78 is 13.2. The van der Waals surface area contributed by atoms with Gasteiger partial charge in [-0.15, -0.1) is 0 Å². The Morgan fingerprint density at radius 2 is 2.32 bits per heavy atom. The Hall–Kier alpha value is -0.250. The Bertz CT molecular complexity index is 407. The lowest BCUT2D eigenvalue weighted by Gasteiger charge is -2.30. The Balaban J connectivity index is 2.04. The van der Waals surface area contributed by atoms with Gasteiger partial charge in [-0.05, 0) is 49.3 Å². The average molecular weight is 302 g/mol. The topological polar surface area (TPSA) is 12.0 Å². The lowest BCUT2D eigenvalue weighted by atomic mass is 9.99. The van der Waals surface area contributed by atoms with Gasteiger partial charge in [0.2, 0.25) is 0 Å². The molecule has 0 aromatic heterocycles. The highest BCUT2D eigenvalue weighted by Gasteiger charge is 2.23. The van der Waals surface area contributed by atoms with Gasteiger partial charge in [0.1, 0.15) is 5.82 Å². The van der Waals surface area contributed by atoms with Gasteiger partial charge in [0, 0.05) is 11.3 Å². The molecule has 19 heavy (non-hydrogen) atoms. The average Bonchev–Trinajstić information content (AvgIpc) is 2.43. The first-order valence-electron chi connectivity index (χ1n) is 6.99. The van der Waals surface area contributed by atoms with Crippen LogP contribution >= 0.6 is 23.4 Å². The molecule has 1 aliphatic rings. The van der Waals surface area contributed by atoms with Crippen LogP contribution in [0.25, 0.3) is 0 Å². The molecule has 0 amide bonds. The van der Waals surface area contributed by atoms with Crippen molar-refractivity contribution in [2.75, 3.05) is 12.3 Å². The van der Waals surface area contributed by atoms with Crippen LogP contribution < -0.4 is 5.32 Å². The molecule has 1 N–H and O–H groups in total. The minimum absolute atomic E-state index is 0.226. The van der Waals surface area contributed by atoms with E-state index in [1.54, 1.807) is 6.07 Å². The third-order valence-electron chi connectivity index (χ3n) is 3.57. The summed E-state index contributed by atoms with van der Waals surface area (Å²) in [6, 6.07) is 5.53. The van der Waals surface area contributed by atoms with Gasteiger partial charge >= 0.3 is 0 Å². The molecule has 1 aliphatic heterocycles. The van der Waals surface area contributed by atoms with E-state index in [0.717, 1.165) is 18.5 Å². The number of thioether (sulfide) groups is 1. The predicted molar refractivity (Wildman–Crippen MR) is 82.7 cm³/mol. The summed E-state index contributed by atoms with van der Waals surface area (Å²) in [4.78, 5) is 0. The quantitative estimate of drug-likeness (QED) is 0.871. The normalized spacial score (nSPS) is 21.3. The molecule has 4 heteroatoms. The van der Waals surface area contributed by atoms with Crippen LogP contribution in [0.5, 0.6) is 0 Å². The number of rotatable bonds is 5. The maximum absolute atomic E-state index is 13.2. The summed E-state index contributed by atoms with van der Waals surface area (Å²) in [5, 5.41) is 4.47. The second kappa shape index (κ2) is 7.51. The smallest absolute Gasteiger partial charge is 0.141 e. The molecule has 1 fully saturated rings. The molecule has 1 nitrogen and oxygen atoms in total. The zero-order valence-corrected chi connectivity index (χ0v) is 12.9. The molecule has 0 aliphatic carbocycles. The summed E-state index contributed by atoms with van der Waals surface area (Å²) in [5.74, 6) is 0.925. The van der Waals surface area contributed by atoms with Crippen molar-refractivity contribution in [2.24, 2.45) is 0 Å². The lowest BCUT2D eigenvalue weighted by Crippen LogP contribution is -2.41. The van der Waals surface area contributed by atoms with E-state index in [4.69, 9.17) is 11.6 Å². The van der Waals surface area contributed by atoms with E-state index < -0.39 is 0 Å². The van der Waals surface area contributed by atoms with E-state index in [0.29, 0.717) is 11.3 Å². The van der Waals surface area contributed by atoms with Crippen molar-refractivity contribution in [3.63, 3.8) is 0 Å². The third-order valence-corrected chi connectivity index (χ3v) is 5.38. The lowest BCUT2D eigenvalue weighted by molar-refractivity contribution is 0.472. The summed E-state index contributed by atoms with van der Waals surface area (Å²) in [6.07, 6.45) is 4.86. The summed E-state index contributed by atoms with van der Waals surface area (Å²) in [6.45, 7) is 3.11. The Morgan fingerprint density at radius 3 is 2.95 bits per heavy atom. The van der Waals surface area contributed by atoms with Crippen LogP contribution in [0.1, 0.15) is 31.7 Å². The van der Waals surface area contributed by atoms with Crippen LogP contribution in [0.15, 0.2) is 18.2 Å². The number of likely N-dealkylation sites (N-methyl/N-ethyl adjacent to an activating group) is 1. The molecule has 2 atom stereocenters. The summed E-state index contributed by atoms with van der Waals surface area (Å²) >= 11 is 7.93. The van der Waals surface area contributed by atoms with Gasteiger partial charge in [0.05, 0.1) is 5.02 Å². The van der Waals surface area contributed by atoms with E-state index in [1.165, 1.54) is 31.1 Å². The van der Waals surface area contributed by atoms with Gasteiger partial charge in [0.15, 0.2) is 0 Å². The SMILES string of the molecule is CCNC(Cc1ccc(F)c(Cl)c1)C1CCCCS1. The number of hydrogen-bond donors (Lipinski definition) is 1. The van der Waals surface area contributed by atoms with Crippen molar-refractivity contribution in [1.29, 1.82) is 0 Å². The van der Waals surface area contributed by atoms with E-state index in [-0.39, 0.29) is 10.8 Å². The zero-order chi connectivity index (χ0) is 13.7. The van der Waals surface area contributed by atoms with Crippen LogP contribution in [0.3, 0.4) is 0 Å². The molecular formula is C15H21ClFNS. The van der Waals surface area contributed by atoms with Crippen molar-refractivity contribution in [3.05, 3.63) is 34.6 Å². The van der Waals surface area contributed by atoms with Crippen LogP contribution in [-0.4, -0.2) is 23.6 Å². The van der Waals surface area contributed by atoms with Crippen LogP contribution in [-0.2, 0) is 6.42 Å². The van der Waals surface area contributed by atoms with Crippen molar-refractivity contribution in [2.45, 2.75) is 43.9 Å². The van der Waals surface area contributed by atoms with E-state index in [2.05, 4.69) is 24.0 Å². The largest absolute Gasteiger partial charge is 0.313 e. The Labute approximate surface area is 124 Å². The van der Waals surface area contributed by atoms with Gasteiger partial charge in [-0.2, -0.15) is 11.8 Å². The van der Waals surface area contributed by atoms with Crippen molar-refractivity contribution < 1.29 is 4.39 Å². The molecule has 0 saturated carbocycles. The third kappa shape index (κ3) is 4.37. The fraction of sp³-hybridized carbons (Fsp3) is 0.600. The minimum atomic E-state index is -0.336. The van der Waals surface area contributed by atoms with Crippen LogP contribution in [0.2, 0.25) is 5.02 Å². The van der Waals surface area contributed by atoms with Crippen LogP contribution in [0.4, 0.5) is 4.39 Å². The number of nitrogens with one attached hydrogen (secondary N) is 1. The van der Waals surface area contributed by atoms with Crippen molar-refractivity contribution in [3.8, 4) is 0 Å². The number of benzene rings is 1. The fourth-order valence-electron chi connectivity index (χ4n) is 2.60. The molecule has 1 heterocycles. The van der Waals surface area contributed by atoms with E-state index in [1.807, 2.05) is 6.07 Å². The first kappa shape index (κ1) is 15.1. The van der Waals surface area contributed by atoms with Gasteiger partial charge in [-0.3, -0.25) is 0 Å². The van der Waals surface area contributed by atoms with E-state index in [9.17, 15) is 4.39 Å². The molecular weight excluding hydrogens is 281 g/mol. The van der Waals surface area contributed by atoms with Crippen molar-refractivity contribution >= 4 is 23.4 Å². The standard InChI is InChI=1S/C15H21ClFNS/c1-2-18-14(15-5-3-4-8-19-15)10-11-6-7-13(17)12(16)9-11/h6-7,9,14-15,18H,2-5,8,10H2,1H3. The summed E-state index contributed by atoms with van der Waals surface area (Å²) in [7, 11) is 0. The van der Waals surface area contributed by atoms with Gasteiger partial charge in [-0.25, -0.2) is 4.39 Å². The molecule has 0 radical (unpaired) electrons. The van der Waals surface area contributed by atoms with Gasteiger partial charge in [0.25, 0.3) is 0 Å². The highest BCUT2D eigenvalue weighted by molar-refractivity contribution is 8.00. The molecule has 2 rings (SSSR count). The van der Waals surface area contributed by atoms with Gasteiger partial charge < -0.3 is 5.32 Å². The number of halogens is 2. The Morgan fingerprint density at radius 1 is 1.47 bits per heavy atom. The molecule has 0 bridgehead atoms. The highest BCUT2D eigenvalue weighted by atomic mass is 35.5. The minimum Gasteiger partial charge on any atom is -0.313 e. The van der Waals surface area contributed by atoms with Crippen LogP contribution in [0, 0.1) is 5.82 Å². The molecule has 1 saturated heterocycles. The second-order valence-corrected chi connectivity index (χ2v) is 6.78. The molecule has 106 valence electrons. The maximum Gasteiger partial charge on any atom is 0.141 e. The van der Waals surface area contributed by atoms with E-state index >= 15 is 0 Å². The zero-order valence-electron chi connectivity index (χ0n) is 11.3.